The molecule has 2 atom stereocenters. The van der Waals surface area contributed by atoms with E-state index in [9.17, 15) is 4.79 Å². The molecule has 0 spiro atoms. The SMILES string of the molecule is CC(C)(C)P(C1=CC(=O)C2CCCC12)C(C)(C)C. The summed E-state index contributed by atoms with van der Waals surface area (Å²) < 4.78 is 0. The Balaban J connectivity index is 2.39. The first-order valence-electron chi connectivity index (χ1n) is 7.18. The summed E-state index contributed by atoms with van der Waals surface area (Å²) in [6.45, 7) is 14.1. The van der Waals surface area contributed by atoms with E-state index >= 15 is 0 Å². The molecular formula is C16H27OP. The summed E-state index contributed by atoms with van der Waals surface area (Å²) in [5.41, 5.74) is 0. The smallest absolute Gasteiger partial charge is 0.159 e. The van der Waals surface area contributed by atoms with Crippen molar-refractivity contribution in [2.24, 2.45) is 11.8 Å². The molecule has 0 bridgehead atoms. The summed E-state index contributed by atoms with van der Waals surface area (Å²) in [4.78, 5) is 12.2. The summed E-state index contributed by atoms with van der Waals surface area (Å²) in [6, 6.07) is 0. The number of carbonyl (C=O) groups excluding carboxylic acids is 1. The average Bonchev–Trinajstić information content (AvgIpc) is 2.67. The van der Waals surface area contributed by atoms with Gasteiger partial charge in [0.25, 0.3) is 0 Å². The minimum absolute atomic E-state index is 0.262. The summed E-state index contributed by atoms with van der Waals surface area (Å²) in [6.07, 6.45) is 5.65. The molecule has 0 aliphatic heterocycles. The van der Waals surface area contributed by atoms with Gasteiger partial charge in [-0.2, -0.15) is 0 Å². The van der Waals surface area contributed by atoms with Gasteiger partial charge in [0.05, 0.1) is 0 Å². The Morgan fingerprint density at radius 3 is 2.00 bits per heavy atom. The van der Waals surface area contributed by atoms with E-state index in [2.05, 4.69) is 41.5 Å². The van der Waals surface area contributed by atoms with Crippen LogP contribution in [-0.4, -0.2) is 16.1 Å². The van der Waals surface area contributed by atoms with Gasteiger partial charge >= 0.3 is 0 Å². The molecule has 0 amide bonds. The second-order valence-corrected chi connectivity index (χ2v) is 11.7. The summed E-state index contributed by atoms with van der Waals surface area (Å²) in [5.74, 6) is 1.35. The monoisotopic (exact) mass is 266 g/mol. The van der Waals surface area contributed by atoms with Crippen molar-refractivity contribution in [3.05, 3.63) is 11.4 Å². The fourth-order valence-corrected chi connectivity index (χ4v) is 8.48. The quantitative estimate of drug-likeness (QED) is 0.614. The van der Waals surface area contributed by atoms with Crippen LogP contribution in [0.15, 0.2) is 11.4 Å². The lowest BCUT2D eigenvalue weighted by molar-refractivity contribution is -0.117. The molecule has 1 fully saturated rings. The number of hydrogen-bond donors (Lipinski definition) is 0. The molecular weight excluding hydrogens is 239 g/mol. The topological polar surface area (TPSA) is 17.1 Å². The molecule has 1 saturated carbocycles. The van der Waals surface area contributed by atoms with Gasteiger partial charge in [0, 0.05) is 5.92 Å². The molecule has 0 aromatic carbocycles. The van der Waals surface area contributed by atoms with E-state index in [0.29, 0.717) is 17.6 Å². The van der Waals surface area contributed by atoms with Crippen molar-refractivity contribution in [3.8, 4) is 0 Å². The van der Waals surface area contributed by atoms with E-state index in [-0.39, 0.29) is 18.2 Å². The van der Waals surface area contributed by atoms with Crippen molar-refractivity contribution in [2.75, 3.05) is 0 Å². The van der Waals surface area contributed by atoms with E-state index in [1.165, 1.54) is 18.2 Å². The molecule has 2 unspecified atom stereocenters. The molecule has 0 heterocycles. The Morgan fingerprint density at radius 1 is 1.00 bits per heavy atom. The molecule has 2 heteroatoms. The van der Waals surface area contributed by atoms with Crippen LogP contribution in [0.5, 0.6) is 0 Å². The highest BCUT2D eigenvalue weighted by molar-refractivity contribution is 7.65. The van der Waals surface area contributed by atoms with Crippen LogP contribution < -0.4 is 0 Å². The van der Waals surface area contributed by atoms with E-state index in [0.717, 1.165) is 6.42 Å². The molecule has 0 radical (unpaired) electrons. The normalized spacial score (nSPS) is 28.8. The third-order valence-electron chi connectivity index (χ3n) is 4.15. The van der Waals surface area contributed by atoms with Gasteiger partial charge in [-0.3, -0.25) is 4.79 Å². The number of ketones is 1. The van der Waals surface area contributed by atoms with Gasteiger partial charge in [0.2, 0.25) is 0 Å². The van der Waals surface area contributed by atoms with Gasteiger partial charge in [0.1, 0.15) is 0 Å². The molecule has 0 N–H and O–H groups in total. The molecule has 1 nitrogen and oxygen atoms in total. The first kappa shape index (κ1) is 14.3. The van der Waals surface area contributed by atoms with Gasteiger partial charge in [-0.25, -0.2) is 0 Å². The van der Waals surface area contributed by atoms with Crippen LogP contribution in [0, 0.1) is 11.8 Å². The highest BCUT2D eigenvalue weighted by Crippen LogP contribution is 2.69. The Labute approximate surface area is 113 Å². The number of fused-ring (bicyclic) bond motifs is 1. The summed E-state index contributed by atoms with van der Waals surface area (Å²) in [5, 5.41) is 2.10. The fraction of sp³-hybridized carbons (Fsp3) is 0.812. The van der Waals surface area contributed by atoms with Gasteiger partial charge in [0.15, 0.2) is 5.78 Å². The van der Waals surface area contributed by atoms with Crippen LogP contribution in [0.25, 0.3) is 0 Å². The van der Waals surface area contributed by atoms with Crippen LogP contribution in [-0.2, 0) is 4.79 Å². The van der Waals surface area contributed by atoms with Gasteiger partial charge in [-0.05, 0) is 40.5 Å². The molecule has 2 rings (SSSR count). The number of hydrogen-bond acceptors (Lipinski definition) is 1. The zero-order valence-electron chi connectivity index (χ0n) is 12.7. The number of carbonyl (C=O) groups is 1. The zero-order valence-corrected chi connectivity index (χ0v) is 13.6. The molecule has 0 aromatic rings. The van der Waals surface area contributed by atoms with Gasteiger partial charge in [-0.1, -0.05) is 55.9 Å². The maximum atomic E-state index is 12.2. The lowest BCUT2D eigenvalue weighted by atomic mass is 9.99. The Kier molecular flexibility index (Phi) is 3.52. The van der Waals surface area contributed by atoms with E-state index < -0.39 is 0 Å². The van der Waals surface area contributed by atoms with Crippen LogP contribution >= 0.6 is 7.92 Å². The minimum atomic E-state index is -0.262. The largest absolute Gasteiger partial charge is 0.295 e. The Morgan fingerprint density at radius 2 is 1.50 bits per heavy atom. The molecule has 102 valence electrons. The molecule has 2 aliphatic rings. The molecule has 18 heavy (non-hydrogen) atoms. The predicted octanol–water partition coefficient (Wildman–Crippen LogP) is 4.95. The first-order chi connectivity index (χ1) is 8.12. The van der Waals surface area contributed by atoms with Crippen molar-refractivity contribution in [1.82, 2.24) is 0 Å². The lowest BCUT2D eigenvalue weighted by Crippen LogP contribution is -2.27. The van der Waals surface area contributed by atoms with E-state index in [1.807, 2.05) is 6.08 Å². The second kappa shape index (κ2) is 4.44. The average molecular weight is 266 g/mol. The standard InChI is InChI=1S/C16H27OP/c1-15(2,3)18(16(4,5)6)14-10-13(17)11-8-7-9-12(11)14/h10-12H,7-9H2,1-6H3. The summed E-state index contributed by atoms with van der Waals surface area (Å²) >= 11 is 0. The van der Waals surface area contributed by atoms with Crippen LogP contribution in [0.1, 0.15) is 60.8 Å². The van der Waals surface area contributed by atoms with Crippen LogP contribution in [0.2, 0.25) is 0 Å². The van der Waals surface area contributed by atoms with Crippen molar-refractivity contribution in [3.63, 3.8) is 0 Å². The van der Waals surface area contributed by atoms with Crippen LogP contribution in [0.3, 0.4) is 0 Å². The predicted molar refractivity (Wildman–Crippen MR) is 80.3 cm³/mol. The number of allylic oxidation sites excluding steroid dienone is 2. The first-order valence-corrected chi connectivity index (χ1v) is 8.52. The van der Waals surface area contributed by atoms with Crippen molar-refractivity contribution < 1.29 is 4.79 Å². The molecule has 2 aliphatic carbocycles. The maximum Gasteiger partial charge on any atom is 0.159 e. The zero-order chi connectivity index (χ0) is 13.7. The highest BCUT2D eigenvalue weighted by atomic mass is 31.1. The third-order valence-corrected chi connectivity index (χ3v) is 7.81. The fourth-order valence-electron chi connectivity index (χ4n) is 4.03. The summed E-state index contributed by atoms with van der Waals surface area (Å²) in [7, 11) is -0.262. The minimum Gasteiger partial charge on any atom is -0.295 e. The van der Waals surface area contributed by atoms with Gasteiger partial charge < -0.3 is 0 Å². The van der Waals surface area contributed by atoms with Gasteiger partial charge in [-0.15, -0.1) is 0 Å². The third kappa shape index (κ3) is 2.44. The van der Waals surface area contributed by atoms with E-state index in [1.54, 1.807) is 0 Å². The van der Waals surface area contributed by atoms with E-state index in [4.69, 9.17) is 0 Å². The molecule has 0 saturated heterocycles. The van der Waals surface area contributed by atoms with Crippen LogP contribution in [0.4, 0.5) is 0 Å². The maximum absolute atomic E-state index is 12.2. The second-order valence-electron chi connectivity index (χ2n) is 7.79. The van der Waals surface area contributed by atoms with Crippen molar-refractivity contribution >= 4 is 13.7 Å². The number of rotatable bonds is 1. The van der Waals surface area contributed by atoms with Crippen molar-refractivity contribution in [2.45, 2.75) is 71.1 Å². The Bertz CT molecular complexity index is 367. The molecule has 0 aromatic heterocycles. The lowest BCUT2D eigenvalue weighted by Gasteiger charge is -2.44. The van der Waals surface area contributed by atoms with Crippen molar-refractivity contribution in [1.29, 1.82) is 0 Å². The Hall–Kier alpha value is -0.160. The highest BCUT2D eigenvalue weighted by Gasteiger charge is 2.47.